The molecule has 5 rings (SSSR count). The van der Waals surface area contributed by atoms with Gasteiger partial charge in [-0.2, -0.15) is 0 Å². The van der Waals surface area contributed by atoms with Gasteiger partial charge in [0.05, 0.1) is 16.9 Å². The summed E-state index contributed by atoms with van der Waals surface area (Å²) in [6, 6.07) is 12.5. The van der Waals surface area contributed by atoms with Crippen LogP contribution in [0.15, 0.2) is 36.4 Å². The molecule has 0 atom stereocenters. The minimum Gasteiger partial charge on any atom is -0.460 e. The largest absolute Gasteiger partial charge is 0.460 e. The van der Waals surface area contributed by atoms with Crippen molar-refractivity contribution in [2.45, 2.75) is 83.0 Å². The first-order valence-electron chi connectivity index (χ1n) is 13.2. The van der Waals surface area contributed by atoms with Crippen LogP contribution in [0.5, 0.6) is 0 Å². The van der Waals surface area contributed by atoms with E-state index in [1.807, 2.05) is 43.9 Å². The summed E-state index contributed by atoms with van der Waals surface area (Å²) in [5.41, 5.74) is 2.73. The van der Waals surface area contributed by atoms with Crippen molar-refractivity contribution in [2.24, 2.45) is 0 Å². The minimum atomic E-state index is -0.569. The fourth-order valence-corrected chi connectivity index (χ4v) is 5.59. The summed E-state index contributed by atoms with van der Waals surface area (Å²) in [4.78, 5) is 30.3. The van der Waals surface area contributed by atoms with Crippen molar-refractivity contribution >= 4 is 46.5 Å². The van der Waals surface area contributed by atoms with Gasteiger partial charge in [0.15, 0.2) is 0 Å². The highest BCUT2D eigenvalue weighted by molar-refractivity contribution is 6.34. The average Bonchev–Trinajstić information content (AvgIpc) is 3.77. The number of nitrogens with one attached hydrogen (secondary N) is 1. The molecule has 37 heavy (non-hydrogen) atoms. The zero-order valence-electron chi connectivity index (χ0n) is 21.8. The number of anilines is 2. The molecule has 198 valence electrons. The molecule has 1 N–H and O–H groups in total. The van der Waals surface area contributed by atoms with Crippen molar-refractivity contribution in [3.05, 3.63) is 57.6 Å². The van der Waals surface area contributed by atoms with Gasteiger partial charge in [0, 0.05) is 42.1 Å². The molecular formula is C29H35Cl2N3O3. The van der Waals surface area contributed by atoms with E-state index in [9.17, 15) is 9.59 Å². The molecule has 6 nitrogen and oxygen atoms in total. The van der Waals surface area contributed by atoms with E-state index in [0.717, 1.165) is 41.9 Å². The molecule has 1 amide bonds. The van der Waals surface area contributed by atoms with Gasteiger partial charge in [0.1, 0.15) is 5.60 Å². The molecule has 0 saturated heterocycles. The van der Waals surface area contributed by atoms with Crippen molar-refractivity contribution in [3.8, 4) is 0 Å². The summed E-state index contributed by atoms with van der Waals surface area (Å²) in [6.45, 7) is 7.56. The molecule has 3 aliphatic rings. The maximum Gasteiger partial charge on any atom is 0.306 e. The van der Waals surface area contributed by atoms with Gasteiger partial charge in [0.25, 0.3) is 0 Å². The number of halogens is 2. The first-order chi connectivity index (χ1) is 17.6. The smallest absolute Gasteiger partial charge is 0.306 e. The lowest BCUT2D eigenvalue weighted by Gasteiger charge is -2.39. The molecule has 2 aliphatic carbocycles. The minimum absolute atomic E-state index is 0.131. The van der Waals surface area contributed by atoms with E-state index in [-0.39, 0.29) is 18.3 Å². The van der Waals surface area contributed by atoms with Gasteiger partial charge in [-0.3, -0.25) is 14.9 Å². The highest BCUT2D eigenvalue weighted by Gasteiger charge is 2.52. The summed E-state index contributed by atoms with van der Waals surface area (Å²) in [6.07, 6.45) is 4.76. The van der Waals surface area contributed by atoms with Crippen LogP contribution in [0.4, 0.5) is 11.4 Å². The number of para-hydroxylation sites is 2. The first kappa shape index (κ1) is 26.3. The monoisotopic (exact) mass is 543 g/mol. The van der Waals surface area contributed by atoms with Gasteiger partial charge in [0.2, 0.25) is 5.91 Å². The maximum atomic E-state index is 13.8. The number of hydrogen-bond acceptors (Lipinski definition) is 5. The van der Waals surface area contributed by atoms with Crippen LogP contribution in [0.3, 0.4) is 0 Å². The third-order valence-electron chi connectivity index (χ3n) is 7.29. The van der Waals surface area contributed by atoms with E-state index in [2.05, 4.69) is 28.4 Å². The van der Waals surface area contributed by atoms with Crippen LogP contribution >= 0.6 is 23.2 Å². The highest BCUT2D eigenvalue weighted by Crippen LogP contribution is 2.44. The lowest BCUT2D eigenvalue weighted by atomic mass is 10.1. The maximum absolute atomic E-state index is 13.8. The van der Waals surface area contributed by atoms with Crippen LogP contribution < -0.4 is 15.1 Å². The molecule has 2 aromatic rings. The van der Waals surface area contributed by atoms with Crippen LogP contribution in [0, 0.1) is 0 Å². The summed E-state index contributed by atoms with van der Waals surface area (Å²) < 4.78 is 5.39. The molecule has 0 spiro atoms. The van der Waals surface area contributed by atoms with E-state index in [1.165, 1.54) is 12.8 Å². The van der Waals surface area contributed by atoms with Crippen LogP contribution in [0.25, 0.3) is 0 Å². The van der Waals surface area contributed by atoms with Crippen LogP contribution in [0.2, 0.25) is 10.0 Å². The van der Waals surface area contributed by atoms with Crippen molar-refractivity contribution in [1.82, 2.24) is 5.32 Å². The third-order valence-corrected chi connectivity index (χ3v) is 7.99. The number of amides is 1. The molecule has 0 unspecified atom stereocenters. The number of fused-ring (bicyclic) bond motifs is 1. The Morgan fingerprint density at radius 1 is 1.03 bits per heavy atom. The number of ether oxygens (including phenoxy) is 1. The number of nitrogens with zero attached hydrogens (tertiary/aromatic N) is 2. The Kier molecular flexibility index (Phi) is 7.20. The summed E-state index contributed by atoms with van der Waals surface area (Å²) in [5.74, 6) is -0.134. The fraction of sp³-hybridized carbons (Fsp3) is 0.517. The van der Waals surface area contributed by atoms with E-state index in [0.29, 0.717) is 35.6 Å². The molecular weight excluding hydrogens is 509 g/mol. The van der Waals surface area contributed by atoms with Crippen molar-refractivity contribution in [2.75, 3.05) is 22.9 Å². The Labute approximate surface area is 229 Å². The van der Waals surface area contributed by atoms with Gasteiger partial charge < -0.3 is 14.5 Å². The molecule has 8 heteroatoms. The Balaban J connectivity index is 1.23. The zero-order chi connectivity index (χ0) is 26.4. The Bertz CT molecular complexity index is 1200. The Morgan fingerprint density at radius 2 is 1.68 bits per heavy atom. The highest BCUT2D eigenvalue weighted by atomic mass is 35.5. The molecule has 1 heterocycles. The molecule has 2 aromatic carbocycles. The standard InChI is InChI=1S/C29H35Cl2N3O3/c1-28(2,3)37-26(35)11-8-19-16-23(31)20(17-22(19)30)18-32-29(12-13-29)27(36)34-15-14-33(21-9-10-21)24-6-4-5-7-25(24)34/h4-7,16-17,21,32H,8-15,18H2,1-3H3. The Hall–Kier alpha value is -2.28. The van der Waals surface area contributed by atoms with Gasteiger partial charge in [-0.15, -0.1) is 0 Å². The van der Waals surface area contributed by atoms with E-state index >= 15 is 0 Å². The fourth-order valence-electron chi connectivity index (χ4n) is 5.06. The second-order valence-electron chi connectivity index (χ2n) is 11.4. The number of benzene rings is 2. The van der Waals surface area contributed by atoms with Crippen molar-refractivity contribution in [1.29, 1.82) is 0 Å². The predicted octanol–water partition coefficient (Wildman–Crippen LogP) is 5.91. The number of hydrogen-bond donors (Lipinski definition) is 1. The number of carbonyl (C=O) groups excluding carboxylic acids is 2. The molecule has 1 aliphatic heterocycles. The van der Waals surface area contributed by atoms with Gasteiger partial charge in [-0.05, 0) is 88.3 Å². The number of aryl methyl sites for hydroxylation is 1. The topological polar surface area (TPSA) is 61.9 Å². The summed E-state index contributed by atoms with van der Waals surface area (Å²) in [7, 11) is 0. The predicted molar refractivity (Wildman–Crippen MR) is 149 cm³/mol. The van der Waals surface area contributed by atoms with Crippen molar-refractivity contribution in [3.63, 3.8) is 0 Å². The second-order valence-corrected chi connectivity index (χ2v) is 12.2. The van der Waals surface area contributed by atoms with Gasteiger partial charge in [-0.1, -0.05) is 35.3 Å². The molecule has 0 aromatic heterocycles. The van der Waals surface area contributed by atoms with E-state index in [1.54, 1.807) is 0 Å². The number of esters is 1. The Morgan fingerprint density at radius 3 is 2.32 bits per heavy atom. The third kappa shape index (κ3) is 5.92. The van der Waals surface area contributed by atoms with Gasteiger partial charge >= 0.3 is 5.97 Å². The van der Waals surface area contributed by atoms with E-state index < -0.39 is 11.1 Å². The zero-order valence-corrected chi connectivity index (χ0v) is 23.3. The summed E-state index contributed by atoms with van der Waals surface area (Å²) in [5, 5.41) is 4.64. The second kappa shape index (κ2) is 10.1. The first-order valence-corrected chi connectivity index (χ1v) is 13.9. The van der Waals surface area contributed by atoms with Crippen LogP contribution in [-0.2, 0) is 27.3 Å². The lowest BCUT2D eigenvalue weighted by molar-refractivity contribution is -0.154. The van der Waals surface area contributed by atoms with E-state index in [4.69, 9.17) is 27.9 Å². The normalized spacial score (nSPS) is 18.4. The SMILES string of the molecule is CC(C)(C)OC(=O)CCc1cc(Cl)c(CNC2(C(=O)N3CCN(C4CC4)c4ccccc43)CC2)cc1Cl. The number of rotatable bonds is 8. The average molecular weight is 545 g/mol. The van der Waals surface area contributed by atoms with Crippen LogP contribution in [0.1, 0.15) is 64.0 Å². The quantitative estimate of drug-likeness (QED) is 0.419. The number of carbonyl (C=O) groups is 2. The molecule has 0 radical (unpaired) electrons. The van der Waals surface area contributed by atoms with Crippen LogP contribution in [-0.4, -0.2) is 42.1 Å². The van der Waals surface area contributed by atoms with Crippen molar-refractivity contribution < 1.29 is 14.3 Å². The molecule has 0 bridgehead atoms. The lowest BCUT2D eigenvalue weighted by Crippen LogP contribution is -2.53. The summed E-state index contributed by atoms with van der Waals surface area (Å²) >= 11 is 13.2. The molecule has 2 saturated carbocycles. The van der Waals surface area contributed by atoms with Gasteiger partial charge in [-0.25, -0.2) is 0 Å². The molecule has 2 fully saturated rings.